The summed E-state index contributed by atoms with van der Waals surface area (Å²) in [6, 6.07) is 5.98. The first-order valence-electron chi connectivity index (χ1n) is 13.6. The number of hydrogen-bond donors (Lipinski definition) is 3. The van der Waals surface area contributed by atoms with Gasteiger partial charge in [-0.3, -0.25) is 4.79 Å². The maximum atomic E-state index is 13.2. The maximum absolute atomic E-state index is 13.2. The standard InChI is InChI=1S/C28H31F3N6O4S/c1-16-11-19(13-20(12-16)34-25-32-8-5-22(35-25)28(29,30)31)21-14-33-24(42-21)27(41)6-3-18(4-7-27)23(38)36-9-10-37(26(39)40)17(2)15-36/h5,8,11-14,17-18,41H,3-4,6-7,9-10,15H2,1-2H3,(H,39,40)(H,32,34,35). The molecule has 0 radical (unpaired) electrons. The van der Waals surface area contributed by atoms with Gasteiger partial charge < -0.3 is 25.3 Å². The Bertz CT molecular complexity index is 1470. The van der Waals surface area contributed by atoms with Gasteiger partial charge in [0.2, 0.25) is 11.9 Å². The van der Waals surface area contributed by atoms with Gasteiger partial charge in [0.1, 0.15) is 16.3 Å². The highest BCUT2D eigenvalue weighted by molar-refractivity contribution is 7.15. The summed E-state index contributed by atoms with van der Waals surface area (Å²) in [6.45, 7) is 4.65. The smallest absolute Gasteiger partial charge is 0.433 e. The number of nitrogens with zero attached hydrogens (tertiary/aromatic N) is 5. The van der Waals surface area contributed by atoms with E-state index in [0.717, 1.165) is 28.3 Å². The van der Waals surface area contributed by atoms with Crippen molar-refractivity contribution in [3.63, 3.8) is 0 Å². The van der Waals surface area contributed by atoms with E-state index in [1.807, 2.05) is 13.0 Å². The van der Waals surface area contributed by atoms with Gasteiger partial charge in [-0.05, 0) is 68.9 Å². The first kappa shape index (κ1) is 29.7. The third-order valence-electron chi connectivity index (χ3n) is 7.81. The topological polar surface area (TPSA) is 132 Å². The van der Waals surface area contributed by atoms with Crippen molar-refractivity contribution in [1.29, 1.82) is 0 Å². The van der Waals surface area contributed by atoms with Gasteiger partial charge in [0, 0.05) is 49.7 Å². The zero-order chi connectivity index (χ0) is 30.2. The van der Waals surface area contributed by atoms with E-state index < -0.39 is 23.6 Å². The fraction of sp³-hybridized carbons (Fsp3) is 0.464. The molecule has 1 saturated carbocycles. The molecule has 0 bridgehead atoms. The number of piperazine rings is 1. The molecule has 2 amide bonds. The van der Waals surface area contributed by atoms with Gasteiger partial charge in [-0.1, -0.05) is 6.07 Å². The monoisotopic (exact) mass is 604 g/mol. The number of carbonyl (C=O) groups excluding carboxylic acids is 1. The van der Waals surface area contributed by atoms with Gasteiger partial charge in [-0.2, -0.15) is 13.2 Å². The van der Waals surface area contributed by atoms with Gasteiger partial charge in [-0.15, -0.1) is 11.3 Å². The third kappa shape index (κ3) is 6.33. The van der Waals surface area contributed by atoms with Crippen molar-refractivity contribution in [1.82, 2.24) is 24.8 Å². The van der Waals surface area contributed by atoms with E-state index in [4.69, 9.17) is 0 Å². The summed E-state index contributed by atoms with van der Waals surface area (Å²) in [5, 5.41) is 24.2. The highest BCUT2D eigenvalue weighted by Gasteiger charge is 2.41. The summed E-state index contributed by atoms with van der Waals surface area (Å²) >= 11 is 1.34. The number of carboxylic acid groups (broad SMARTS) is 1. The lowest BCUT2D eigenvalue weighted by Gasteiger charge is -2.41. The van der Waals surface area contributed by atoms with Crippen LogP contribution in [0.4, 0.5) is 29.6 Å². The molecular formula is C28H31F3N6O4S. The molecule has 1 aromatic carbocycles. The summed E-state index contributed by atoms with van der Waals surface area (Å²) < 4.78 is 39.2. The molecule has 2 aromatic heterocycles. The van der Waals surface area contributed by atoms with Crippen LogP contribution in [0.25, 0.3) is 10.4 Å². The lowest BCUT2D eigenvalue weighted by Crippen LogP contribution is -2.56. The quantitative estimate of drug-likeness (QED) is 0.360. The predicted octanol–water partition coefficient (Wildman–Crippen LogP) is 5.26. The highest BCUT2D eigenvalue weighted by Crippen LogP contribution is 2.43. The van der Waals surface area contributed by atoms with Crippen molar-refractivity contribution >= 4 is 35.0 Å². The number of rotatable bonds is 5. The fourth-order valence-electron chi connectivity index (χ4n) is 5.58. The maximum Gasteiger partial charge on any atom is 0.433 e. The number of hydrogen-bond acceptors (Lipinski definition) is 8. The van der Waals surface area contributed by atoms with Crippen molar-refractivity contribution in [2.45, 2.75) is 57.3 Å². The van der Waals surface area contributed by atoms with Crippen molar-refractivity contribution in [3.05, 3.63) is 52.9 Å². The van der Waals surface area contributed by atoms with Gasteiger partial charge in [0.15, 0.2) is 0 Å². The van der Waals surface area contributed by atoms with E-state index in [0.29, 0.717) is 49.5 Å². The predicted molar refractivity (Wildman–Crippen MR) is 149 cm³/mol. The molecule has 3 N–H and O–H groups in total. The van der Waals surface area contributed by atoms with Gasteiger partial charge in [0.05, 0.1) is 4.88 Å². The van der Waals surface area contributed by atoms with Crippen molar-refractivity contribution in [2.75, 3.05) is 25.0 Å². The number of carbonyl (C=O) groups is 2. The van der Waals surface area contributed by atoms with Gasteiger partial charge >= 0.3 is 12.3 Å². The molecule has 2 fully saturated rings. The second-order valence-corrected chi connectivity index (χ2v) is 12.0. The summed E-state index contributed by atoms with van der Waals surface area (Å²) in [6.07, 6.45) is -1.13. The molecule has 42 heavy (non-hydrogen) atoms. The molecule has 1 aliphatic carbocycles. The van der Waals surface area contributed by atoms with Crippen LogP contribution in [-0.2, 0) is 16.6 Å². The Hall–Kier alpha value is -3.78. The van der Waals surface area contributed by atoms with Crippen molar-refractivity contribution in [3.8, 4) is 10.4 Å². The number of thiazole rings is 1. The number of alkyl halides is 3. The number of nitrogens with one attached hydrogen (secondary N) is 1. The molecule has 1 saturated heterocycles. The van der Waals surface area contributed by atoms with Crippen LogP contribution >= 0.6 is 11.3 Å². The lowest BCUT2D eigenvalue weighted by atomic mass is 9.78. The summed E-state index contributed by atoms with van der Waals surface area (Å²) in [4.78, 5) is 40.3. The van der Waals surface area contributed by atoms with Gasteiger partial charge in [-0.25, -0.2) is 19.7 Å². The van der Waals surface area contributed by atoms with Crippen LogP contribution in [-0.4, -0.2) is 72.6 Å². The molecule has 3 heterocycles. The molecule has 1 atom stereocenters. The first-order chi connectivity index (χ1) is 19.8. The molecule has 1 unspecified atom stereocenters. The Balaban J connectivity index is 1.25. The summed E-state index contributed by atoms with van der Waals surface area (Å²) in [7, 11) is 0. The minimum atomic E-state index is -4.58. The molecule has 2 aliphatic rings. The minimum Gasteiger partial charge on any atom is -0.465 e. The van der Waals surface area contributed by atoms with Crippen molar-refractivity contribution in [2.24, 2.45) is 5.92 Å². The minimum absolute atomic E-state index is 0.00157. The zero-order valence-electron chi connectivity index (χ0n) is 23.1. The van der Waals surface area contributed by atoms with Crippen LogP contribution in [0.15, 0.2) is 36.7 Å². The molecule has 5 rings (SSSR count). The van der Waals surface area contributed by atoms with E-state index in [1.165, 1.54) is 16.2 Å². The average molecular weight is 605 g/mol. The van der Waals surface area contributed by atoms with E-state index in [-0.39, 0.29) is 30.4 Å². The molecule has 3 aromatic rings. The zero-order valence-corrected chi connectivity index (χ0v) is 23.9. The molecule has 0 spiro atoms. The second kappa shape index (κ2) is 11.5. The number of benzene rings is 1. The van der Waals surface area contributed by atoms with E-state index in [9.17, 15) is 33.0 Å². The van der Waals surface area contributed by atoms with Crippen LogP contribution in [0.2, 0.25) is 0 Å². The summed E-state index contributed by atoms with van der Waals surface area (Å²) in [5.41, 5.74) is -0.0786. The summed E-state index contributed by atoms with van der Waals surface area (Å²) in [5.74, 6) is -0.416. The van der Waals surface area contributed by atoms with Crippen molar-refractivity contribution < 1.29 is 33.0 Å². The Morgan fingerprint density at radius 3 is 2.55 bits per heavy atom. The average Bonchev–Trinajstić information content (AvgIpc) is 3.44. The SMILES string of the molecule is Cc1cc(Nc2nccc(C(F)(F)F)n2)cc(-c2cnc(C3(O)CCC(C(=O)N4CCN(C(=O)O)C(C)C4)CC3)s2)c1. The number of aryl methyl sites for hydroxylation is 1. The molecule has 224 valence electrons. The Kier molecular flexibility index (Phi) is 8.12. The largest absolute Gasteiger partial charge is 0.465 e. The van der Waals surface area contributed by atoms with Crippen LogP contribution in [0, 0.1) is 12.8 Å². The number of aromatic nitrogens is 3. The van der Waals surface area contributed by atoms with Crippen LogP contribution in [0.5, 0.6) is 0 Å². The molecule has 14 heteroatoms. The number of anilines is 2. The van der Waals surface area contributed by atoms with Crippen LogP contribution < -0.4 is 5.32 Å². The number of amides is 2. The molecule has 1 aliphatic heterocycles. The van der Waals surface area contributed by atoms with E-state index in [1.54, 1.807) is 30.2 Å². The third-order valence-corrected chi connectivity index (χ3v) is 9.05. The first-order valence-corrected chi connectivity index (χ1v) is 14.4. The second-order valence-electron chi connectivity index (χ2n) is 10.9. The molecular weight excluding hydrogens is 573 g/mol. The Labute approximate surface area is 244 Å². The van der Waals surface area contributed by atoms with E-state index in [2.05, 4.69) is 20.3 Å². The van der Waals surface area contributed by atoms with Gasteiger partial charge in [0.25, 0.3) is 0 Å². The van der Waals surface area contributed by atoms with Crippen LogP contribution in [0.3, 0.4) is 0 Å². The molecule has 10 nitrogen and oxygen atoms in total. The Morgan fingerprint density at radius 1 is 1.14 bits per heavy atom. The highest BCUT2D eigenvalue weighted by atomic mass is 32.1. The number of halogens is 3. The lowest BCUT2D eigenvalue weighted by molar-refractivity contribution is -0.142. The number of aliphatic hydroxyl groups is 1. The van der Waals surface area contributed by atoms with E-state index >= 15 is 0 Å². The normalized spacial score (nSPS) is 23.1. The Morgan fingerprint density at radius 2 is 1.88 bits per heavy atom. The fourth-order valence-corrected chi connectivity index (χ4v) is 6.63. The van der Waals surface area contributed by atoms with Crippen LogP contribution in [0.1, 0.15) is 48.9 Å².